The van der Waals surface area contributed by atoms with Crippen LogP contribution in [0.5, 0.6) is 0 Å². The molecular weight excluding hydrogens is 356 g/mol. The van der Waals surface area contributed by atoms with E-state index in [1.54, 1.807) is 0 Å². The van der Waals surface area contributed by atoms with Crippen LogP contribution in [0, 0.1) is 0 Å². The quantitative estimate of drug-likeness (QED) is 0.229. The van der Waals surface area contributed by atoms with Crippen LogP contribution in [0.1, 0.15) is 110 Å². The van der Waals surface area contributed by atoms with E-state index < -0.39 is 24.0 Å². The van der Waals surface area contributed by atoms with Crippen LogP contribution < -0.4 is 11.1 Å². The Bertz CT molecular complexity index is 391. The van der Waals surface area contributed by atoms with E-state index in [0.29, 0.717) is 25.8 Å². The van der Waals surface area contributed by atoms with Gasteiger partial charge in [-0.1, -0.05) is 77.6 Å². The van der Waals surface area contributed by atoms with Crippen LogP contribution in [0.25, 0.3) is 0 Å². The third kappa shape index (κ3) is 17.0. The highest BCUT2D eigenvalue weighted by Crippen LogP contribution is 2.13. The van der Waals surface area contributed by atoms with Gasteiger partial charge in [0.05, 0.1) is 12.5 Å². The summed E-state index contributed by atoms with van der Waals surface area (Å²) in [5.74, 6) is -1.43. The van der Waals surface area contributed by atoms with Gasteiger partial charge in [-0.15, -0.1) is 0 Å². The highest BCUT2D eigenvalue weighted by Gasteiger charge is 2.20. The second kappa shape index (κ2) is 19.2. The number of nitrogens with two attached hydrogens (primary N) is 1. The standard InChI is InChI=1S/C22H44N2O4/c1-2-3-4-5-6-7-8-9-10-11-12-15-19(25)18-21(26)24-20(22(27)28)16-13-14-17-23/h19-20,25H,2-18,23H2,1H3,(H,24,26)(H,27,28)/t19?,20-/m0/s1. The van der Waals surface area contributed by atoms with E-state index in [1.165, 1.54) is 57.8 Å². The number of rotatable bonds is 20. The van der Waals surface area contributed by atoms with Crippen LogP contribution in [0.2, 0.25) is 0 Å². The number of aliphatic hydroxyl groups excluding tert-OH is 1. The first kappa shape index (κ1) is 26.9. The van der Waals surface area contributed by atoms with E-state index in [1.807, 2.05) is 0 Å². The molecule has 0 saturated carbocycles. The molecule has 0 aliphatic heterocycles. The van der Waals surface area contributed by atoms with Gasteiger partial charge in [0.15, 0.2) is 0 Å². The van der Waals surface area contributed by atoms with Crippen molar-refractivity contribution in [3.05, 3.63) is 0 Å². The zero-order valence-corrected chi connectivity index (χ0v) is 18.0. The third-order valence-corrected chi connectivity index (χ3v) is 5.14. The summed E-state index contributed by atoms with van der Waals surface area (Å²) >= 11 is 0. The Morgan fingerprint density at radius 3 is 1.82 bits per heavy atom. The zero-order chi connectivity index (χ0) is 21.0. The maximum atomic E-state index is 11.9. The highest BCUT2D eigenvalue weighted by molar-refractivity contribution is 5.83. The van der Waals surface area contributed by atoms with Crippen molar-refractivity contribution in [1.82, 2.24) is 5.32 Å². The summed E-state index contributed by atoms with van der Waals surface area (Å²) < 4.78 is 0. The summed E-state index contributed by atoms with van der Waals surface area (Å²) in [6, 6.07) is -0.895. The van der Waals surface area contributed by atoms with Gasteiger partial charge in [-0.25, -0.2) is 4.79 Å². The SMILES string of the molecule is CCCCCCCCCCCCCC(O)CC(=O)N[C@@H](CCCCN)C(=O)O. The van der Waals surface area contributed by atoms with Crippen molar-refractivity contribution in [2.45, 2.75) is 122 Å². The van der Waals surface area contributed by atoms with Gasteiger partial charge in [-0.2, -0.15) is 0 Å². The molecule has 0 aliphatic carbocycles. The highest BCUT2D eigenvalue weighted by atomic mass is 16.4. The summed E-state index contributed by atoms with van der Waals surface area (Å²) in [6.07, 6.45) is 15.4. The first-order valence-electron chi connectivity index (χ1n) is 11.4. The van der Waals surface area contributed by atoms with Crippen LogP contribution in [0.3, 0.4) is 0 Å². The molecule has 0 radical (unpaired) electrons. The Balaban J connectivity index is 3.67. The number of carbonyl (C=O) groups excluding carboxylic acids is 1. The van der Waals surface area contributed by atoms with E-state index in [9.17, 15) is 14.7 Å². The molecule has 0 aromatic rings. The summed E-state index contributed by atoms with van der Waals surface area (Å²) in [4.78, 5) is 23.1. The number of hydrogen-bond donors (Lipinski definition) is 4. The van der Waals surface area contributed by atoms with Crippen molar-refractivity contribution in [2.75, 3.05) is 6.54 Å². The van der Waals surface area contributed by atoms with Crippen molar-refractivity contribution in [1.29, 1.82) is 0 Å². The second-order valence-electron chi connectivity index (χ2n) is 7.92. The van der Waals surface area contributed by atoms with Gasteiger partial charge >= 0.3 is 5.97 Å². The first-order valence-corrected chi connectivity index (χ1v) is 11.4. The Morgan fingerprint density at radius 1 is 0.821 bits per heavy atom. The van der Waals surface area contributed by atoms with E-state index in [0.717, 1.165) is 19.3 Å². The molecule has 1 unspecified atom stereocenters. The van der Waals surface area contributed by atoms with E-state index in [-0.39, 0.29) is 6.42 Å². The van der Waals surface area contributed by atoms with Gasteiger partial charge in [0, 0.05) is 0 Å². The molecule has 0 aromatic carbocycles. The van der Waals surface area contributed by atoms with Crippen LogP contribution >= 0.6 is 0 Å². The van der Waals surface area contributed by atoms with Gasteiger partial charge in [0.1, 0.15) is 6.04 Å². The summed E-state index contributed by atoms with van der Waals surface area (Å²) in [7, 11) is 0. The molecule has 0 saturated heterocycles. The topological polar surface area (TPSA) is 113 Å². The Hall–Kier alpha value is -1.14. The Kier molecular flexibility index (Phi) is 18.4. The molecule has 0 aliphatic rings. The number of carboxylic acids is 1. The van der Waals surface area contributed by atoms with Gasteiger partial charge in [0.2, 0.25) is 5.91 Å². The van der Waals surface area contributed by atoms with E-state index >= 15 is 0 Å². The molecule has 166 valence electrons. The largest absolute Gasteiger partial charge is 0.480 e. The number of aliphatic hydroxyl groups is 1. The van der Waals surface area contributed by atoms with Crippen molar-refractivity contribution < 1.29 is 19.8 Å². The molecule has 0 heterocycles. The van der Waals surface area contributed by atoms with Gasteiger partial charge in [0.25, 0.3) is 0 Å². The molecule has 0 rings (SSSR count). The third-order valence-electron chi connectivity index (χ3n) is 5.14. The smallest absolute Gasteiger partial charge is 0.326 e. The Labute approximate surface area is 171 Å². The van der Waals surface area contributed by atoms with E-state index in [4.69, 9.17) is 10.8 Å². The van der Waals surface area contributed by atoms with Gasteiger partial charge < -0.3 is 21.3 Å². The molecule has 6 heteroatoms. The number of aliphatic carboxylic acids is 1. The van der Waals surface area contributed by atoms with Crippen LogP contribution in [-0.4, -0.2) is 40.8 Å². The van der Waals surface area contributed by atoms with Crippen molar-refractivity contribution in [2.24, 2.45) is 5.73 Å². The number of carboxylic acid groups (broad SMARTS) is 1. The lowest BCUT2D eigenvalue weighted by molar-refractivity contribution is -0.142. The fourth-order valence-corrected chi connectivity index (χ4v) is 3.36. The number of carbonyl (C=O) groups is 2. The monoisotopic (exact) mass is 400 g/mol. The summed E-state index contributed by atoms with van der Waals surface area (Å²) in [6.45, 7) is 2.75. The lowest BCUT2D eigenvalue weighted by Gasteiger charge is -2.16. The molecule has 1 amide bonds. The van der Waals surface area contributed by atoms with Crippen molar-refractivity contribution in [3.8, 4) is 0 Å². The molecule has 0 aromatic heterocycles. The minimum Gasteiger partial charge on any atom is -0.480 e. The molecule has 2 atom stereocenters. The fraction of sp³-hybridized carbons (Fsp3) is 0.909. The average Bonchev–Trinajstić information content (AvgIpc) is 2.65. The number of nitrogens with one attached hydrogen (secondary N) is 1. The molecule has 5 N–H and O–H groups in total. The maximum absolute atomic E-state index is 11.9. The summed E-state index contributed by atoms with van der Waals surface area (Å²) in [5.41, 5.74) is 5.40. The minimum absolute atomic E-state index is 0.0293. The normalized spacial score (nSPS) is 13.2. The van der Waals surface area contributed by atoms with Gasteiger partial charge in [-0.05, 0) is 32.2 Å². The number of unbranched alkanes of at least 4 members (excludes halogenated alkanes) is 11. The molecule has 0 bridgehead atoms. The van der Waals surface area contributed by atoms with Gasteiger partial charge in [-0.3, -0.25) is 4.79 Å². The predicted octanol–water partition coefficient (Wildman–Crippen LogP) is 4.14. The zero-order valence-electron chi connectivity index (χ0n) is 18.0. The average molecular weight is 401 g/mol. The van der Waals surface area contributed by atoms with Crippen molar-refractivity contribution in [3.63, 3.8) is 0 Å². The Morgan fingerprint density at radius 2 is 1.32 bits per heavy atom. The molecule has 6 nitrogen and oxygen atoms in total. The minimum atomic E-state index is -1.04. The van der Waals surface area contributed by atoms with Crippen LogP contribution in [0.15, 0.2) is 0 Å². The molecular formula is C22H44N2O4. The lowest BCUT2D eigenvalue weighted by atomic mass is 10.0. The molecule has 0 spiro atoms. The van der Waals surface area contributed by atoms with E-state index in [2.05, 4.69) is 12.2 Å². The van der Waals surface area contributed by atoms with Crippen molar-refractivity contribution >= 4 is 11.9 Å². The second-order valence-corrected chi connectivity index (χ2v) is 7.92. The molecule has 0 fully saturated rings. The maximum Gasteiger partial charge on any atom is 0.326 e. The van der Waals surface area contributed by atoms with Crippen LogP contribution in [0.4, 0.5) is 0 Å². The summed E-state index contributed by atoms with van der Waals surface area (Å²) in [5, 5.41) is 21.7. The molecule has 28 heavy (non-hydrogen) atoms. The number of hydrogen-bond acceptors (Lipinski definition) is 4. The van der Waals surface area contributed by atoms with Crippen LogP contribution in [-0.2, 0) is 9.59 Å². The fourth-order valence-electron chi connectivity index (χ4n) is 3.36. The number of amides is 1. The lowest BCUT2D eigenvalue weighted by Crippen LogP contribution is -2.41. The first-order chi connectivity index (χ1) is 13.5. The predicted molar refractivity (Wildman–Crippen MR) is 114 cm³/mol.